The molecule has 1 saturated heterocycles. The normalized spacial score (nSPS) is 29.8. The average Bonchev–Trinajstić information content (AvgIpc) is 2.76. The molecule has 3 fully saturated rings. The van der Waals surface area contributed by atoms with Gasteiger partial charge in [-0.05, 0) is 79.2 Å². The van der Waals surface area contributed by atoms with E-state index in [1.54, 1.807) is 30.4 Å². The molecule has 0 aromatic heterocycles. The van der Waals surface area contributed by atoms with Gasteiger partial charge in [0, 0.05) is 13.2 Å². The quantitative estimate of drug-likeness (QED) is 0.398. The summed E-state index contributed by atoms with van der Waals surface area (Å²) >= 11 is 0. The molecule has 1 heteroatoms. The Morgan fingerprint density at radius 2 is 1.39 bits per heavy atom. The highest BCUT2D eigenvalue weighted by Gasteiger charge is 2.31. The minimum absolute atomic E-state index is 0. The maximum absolute atomic E-state index is 5.14. The van der Waals surface area contributed by atoms with Crippen molar-refractivity contribution in [2.45, 2.75) is 119 Å². The van der Waals surface area contributed by atoms with Crippen molar-refractivity contribution in [3.8, 4) is 0 Å². The molecule has 1 aromatic rings. The maximum Gasteiger partial charge on any atom is 0.0468 e. The van der Waals surface area contributed by atoms with Crippen LogP contribution in [0.25, 0.3) is 0 Å². The zero-order valence-electron chi connectivity index (χ0n) is 19.5. The smallest absolute Gasteiger partial charge is 0.0468 e. The number of aryl methyl sites for hydroxylation is 1. The van der Waals surface area contributed by atoms with Gasteiger partial charge in [0.1, 0.15) is 0 Å². The monoisotopic (exact) mass is 430 g/mol. The predicted molar refractivity (Wildman–Crippen MR) is 139 cm³/mol. The zero-order valence-corrected chi connectivity index (χ0v) is 19.5. The second-order valence-electron chi connectivity index (χ2n) is 10.4. The molecule has 0 amide bonds. The second kappa shape index (κ2) is 15.1. The molecule has 31 heavy (non-hydrogen) atoms. The Bertz CT molecular complexity index is 572. The molecule has 0 radical (unpaired) electrons. The largest absolute Gasteiger partial charge is 0.381 e. The molecule has 0 bridgehead atoms. The first kappa shape index (κ1) is 28.2. The maximum atomic E-state index is 5.14. The lowest BCUT2D eigenvalue weighted by molar-refractivity contribution is 0.0716. The van der Waals surface area contributed by atoms with Crippen LogP contribution in [0.15, 0.2) is 24.3 Å². The minimum Gasteiger partial charge on any atom is -0.381 e. The van der Waals surface area contributed by atoms with Crippen LogP contribution in [-0.2, 0) is 11.2 Å². The van der Waals surface area contributed by atoms with E-state index in [2.05, 4.69) is 45.0 Å². The summed E-state index contributed by atoms with van der Waals surface area (Å²) in [6, 6.07) is 8.85. The highest BCUT2D eigenvalue weighted by molar-refractivity contribution is 5.31. The Morgan fingerprint density at radius 3 is 2.03 bits per heavy atom. The van der Waals surface area contributed by atoms with E-state index in [-0.39, 0.29) is 14.9 Å². The summed E-state index contributed by atoms with van der Waals surface area (Å²) in [5, 5.41) is 0. The van der Waals surface area contributed by atoms with Gasteiger partial charge in [0.05, 0.1) is 0 Å². The molecule has 180 valence electrons. The van der Waals surface area contributed by atoms with Gasteiger partial charge in [-0.3, -0.25) is 0 Å². The first-order valence-corrected chi connectivity index (χ1v) is 12.8. The lowest BCUT2D eigenvalue weighted by atomic mass is 9.66. The summed E-state index contributed by atoms with van der Waals surface area (Å²) in [6.07, 6.45) is 17.3. The molecule has 4 atom stereocenters. The molecule has 1 aliphatic heterocycles. The van der Waals surface area contributed by atoms with Crippen LogP contribution in [0, 0.1) is 23.7 Å². The number of benzene rings is 1. The average molecular weight is 431 g/mol. The van der Waals surface area contributed by atoms with Gasteiger partial charge in [0.25, 0.3) is 0 Å². The predicted octanol–water partition coefficient (Wildman–Crippen LogP) is 9.44. The van der Waals surface area contributed by atoms with Crippen LogP contribution in [0.5, 0.6) is 0 Å². The van der Waals surface area contributed by atoms with Gasteiger partial charge in [0.15, 0.2) is 0 Å². The molecule has 0 N–H and O–H groups in total. The van der Waals surface area contributed by atoms with E-state index in [0.29, 0.717) is 0 Å². The second-order valence-corrected chi connectivity index (χ2v) is 10.4. The molecule has 0 spiro atoms. The summed E-state index contributed by atoms with van der Waals surface area (Å²) in [7, 11) is 0. The lowest BCUT2D eigenvalue weighted by Gasteiger charge is -2.39. The summed E-state index contributed by atoms with van der Waals surface area (Å²) in [6.45, 7) is 9.06. The van der Waals surface area contributed by atoms with Gasteiger partial charge in [-0.25, -0.2) is 0 Å². The highest BCUT2D eigenvalue weighted by Crippen LogP contribution is 2.43. The van der Waals surface area contributed by atoms with E-state index in [9.17, 15) is 0 Å². The molecule has 1 nitrogen and oxygen atoms in total. The fourth-order valence-electron chi connectivity index (χ4n) is 6.07. The molecule has 1 heterocycles. The Kier molecular flexibility index (Phi) is 13.7. The molecular formula is C30H54O. The van der Waals surface area contributed by atoms with Crippen LogP contribution in [0.2, 0.25) is 0 Å². The van der Waals surface area contributed by atoms with Crippen LogP contribution < -0.4 is 0 Å². The van der Waals surface area contributed by atoms with Gasteiger partial charge >= 0.3 is 0 Å². The van der Waals surface area contributed by atoms with Crippen molar-refractivity contribution < 1.29 is 4.74 Å². The SMILES string of the molecule is C.C.CC1CCCC2CCCCC12.CC1CCCc2ccccc21.CC1CCOCC1. The number of fused-ring (bicyclic) bond motifs is 2. The summed E-state index contributed by atoms with van der Waals surface area (Å²) < 4.78 is 5.14. The first-order valence-electron chi connectivity index (χ1n) is 12.8. The van der Waals surface area contributed by atoms with E-state index in [4.69, 9.17) is 4.74 Å². The van der Waals surface area contributed by atoms with Crippen molar-refractivity contribution in [2.75, 3.05) is 13.2 Å². The lowest BCUT2D eigenvalue weighted by Crippen LogP contribution is -2.29. The summed E-state index contributed by atoms with van der Waals surface area (Å²) in [5.41, 5.74) is 3.16. The Morgan fingerprint density at radius 1 is 0.710 bits per heavy atom. The molecule has 4 aliphatic rings. The van der Waals surface area contributed by atoms with Crippen molar-refractivity contribution in [3.63, 3.8) is 0 Å². The fourth-order valence-corrected chi connectivity index (χ4v) is 6.07. The standard InChI is InChI=1S/C11H20.C11H14.C6H12O.2CH4/c2*1-9-5-4-7-10-6-2-3-8-11(9)10;1-6-2-4-7-5-3-6;;/h9-11H,2-8H2,1H3;2-3,6,8-9H,4-5,7H2,1H3;6H,2-5H2,1H3;2*1H4. The number of hydrogen-bond donors (Lipinski definition) is 0. The third kappa shape index (κ3) is 8.91. The third-order valence-electron chi connectivity index (χ3n) is 8.11. The minimum atomic E-state index is 0. The van der Waals surface area contributed by atoms with Crippen LogP contribution in [0.4, 0.5) is 0 Å². The van der Waals surface area contributed by atoms with Gasteiger partial charge < -0.3 is 4.74 Å². The van der Waals surface area contributed by atoms with E-state index in [1.807, 2.05) is 0 Å². The zero-order chi connectivity index (χ0) is 20.5. The van der Waals surface area contributed by atoms with Gasteiger partial charge in [0.2, 0.25) is 0 Å². The number of hydrogen-bond acceptors (Lipinski definition) is 1. The summed E-state index contributed by atoms with van der Waals surface area (Å²) in [5.74, 6) is 5.01. The topological polar surface area (TPSA) is 9.23 Å². The van der Waals surface area contributed by atoms with E-state index >= 15 is 0 Å². The number of rotatable bonds is 0. The van der Waals surface area contributed by atoms with Crippen LogP contribution in [-0.4, -0.2) is 13.2 Å². The van der Waals surface area contributed by atoms with Crippen molar-refractivity contribution in [1.29, 1.82) is 0 Å². The Labute approximate surface area is 195 Å². The van der Waals surface area contributed by atoms with Gasteiger partial charge in [-0.1, -0.05) is 98.4 Å². The third-order valence-corrected chi connectivity index (χ3v) is 8.11. The van der Waals surface area contributed by atoms with Crippen molar-refractivity contribution in [3.05, 3.63) is 35.4 Å². The van der Waals surface area contributed by atoms with Crippen LogP contribution in [0.1, 0.15) is 123 Å². The van der Waals surface area contributed by atoms with Gasteiger partial charge in [-0.2, -0.15) is 0 Å². The summed E-state index contributed by atoms with van der Waals surface area (Å²) in [4.78, 5) is 0. The van der Waals surface area contributed by atoms with Crippen molar-refractivity contribution in [1.82, 2.24) is 0 Å². The molecule has 2 saturated carbocycles. The fraction of sp³-hybridized carbons (Fsp3) is 0.800. The molecule has 1 aromatic carbocycles. The Hall–Kier alpha value is -0.820. The van der Waals surface area contributed by atoms with Crippen LogP contribution >= 0.6 is 0 Å². The molecular weight excluding hydrogens is 376 g/mol. The van der Waals surface area contributed by atoms with E-state index in [0.717, 1.165) is 42.8 Å². The molecule has 5 rings (SSSR count). The van der Waals surface area contributed by atoms with Crippen LogP contribution in [0.3, 0.4) is 0 Å². The number of ether oxygens (including phenoxy) is 1. The first-order chi connectivity index (χ1) is 14.1. The van der Waals surface area contributed by atoms with E-state index in [1.165, 1.54) is 57.8 Å². The Balaban J connectivity index is 0.000000231. The molecule has 4 unspecified atom stereocenters. The van der Waals surface area contributed by atoms with E-state index < -0.39 is 0 Å². The highest BCUT2D eigenvalue weighted by atomic mass is 16.5. The molecule has 3 aliphatic carbocycles. The van der Waals surface area contributed by atoms with Gasteiger partial charge in [-0.15, -0.1) is 0 Å². The van der Waals surface area contributed by atoms with Crippen molar-refractivity contribution >= 4 is 0 Å². The van der Waals surface area contributed by atoms with Crippen molar-refractivity contribution in [2.24, 2.45) is 23.7 Å².